The number of halogens is 4. The van der Waals surface area contributed by atoms with Gasteiger partial charge >= 0.3 is 0 Å². The molecule has 0 aliphatic carbocycles. The van der Waals surface area contributed by atoms with Crippen LogP contribution < -0.4 is 0 Å². The quantitative estimate of drug-likeness (QED) is 0.612. The summed E-state index contributed by atoms with van der Waals surface area (Å²) in [4.78, 5) is 0. The van der Waals surface area contributed by atoms with Crippen molar-refractivity contribution in [3.05, 3.63) is 46.2 Å². The second-order valence-corrected chi connectivity index (χ2v) is 4.22. The zero-order chi connectivity index (χ0) is 11.7. The van der Waals surface area contributed by atoms with Gasteiger partial charge in [-0.15, -0.1) is 11.6 Å². The summed E-state index contributed by atoms with van der Waals surface area (Å²) in [6.07, 6.45) is 1.53. The van der Waals surface area contributed by atoms with E-state index in [2.05, 4.69) is 21.0 Å². The summed E-state index contributed by atoms with van der Waals surface area (Å²) in [7, 11) is 0. The number of aromatic nitrogens is 2. The molecule has 1 aromatic carbocycles. The summed E-state index contributed by atoms with van der Waals surface area (Å²) >= 11 is 8.48. The molecule has 0 bridgehead atoms. The second-order valence-electron chi connectivity index (χ2n) is 3.10. The van der Waals surface area contributed by atoms with Crippen molar-refractivity contribution in [3.8, 4) is 5.69 Å². The first kappa shape index (κ1) is 11.5. The van der Waals surface area contributed by atoms with E-state index < -0.39 is 11.6 Å². The molecule has 0 radical (unpaired) electrons. The molecule has 6 heteroatoms. The molecule has 0 aliphatic heterocycles. The largest absolute Gasteiger partial charge is 0.238 e. The minimum absolute atomic E-state index is 0.0528. The van der Waals surface area contributed by atoms with Gasteiger partial charge in [-0.1, -0.05) is 0 Å². The molecule has 1 heterocycles. The van der Waals surface area contributed by atoms with E-state index in [1.54, 1.807) is 6.07 Å². The molecular weight excluding hydrogens is 301 g/mol. The molecule has 0 spiro atoms. The van der Waals surface area contributed by atoms with Crippen molar-refractivity contribution in [1.29, 1.82) is 0 Å². The second kappa shape index (κ2) is 4.51. The summed E-state index contributed by atoms with van der Waals surface area (Å²) in [6, 6.07) is 3.78. The molecule has 0 fully saturated rings. The Balaban J connectivity index is 2.51. The number of hydrogen-bond acceptors (Lipinski definition) is 1. The number of alkyl halides is 1. The zero-order valence-corrected chi connectivity index (χ0v) is 10.3. The van der Waals surface area contributed by atoms with E-state index in [9.17, 15) is 8.78 Å². The zero-order valence-electron chi connectivity index (χ0n) is 7.92. The van der Waals surface area contributed by atoms with Crippen molar-refractivity contribution < 1.29 is 8.78 Å². The Bertz CT molecular complexity index is 528. The summed E-state index contributed by atoms with van der Waals surface area (Å²) in [5.41, 5.74) is 0.654. The van der Waals surface area contributed by atoms with Gasteiger partial charge in [0.2, 0.25) is 0 Å². The molecular formula is C10H6BrClF2N2. The van der Waals surface area contributed by atoms with Crippen LogP contribution in [0.25, 0.3) is 5.69 Å². The smallest absolute Gasteiger partial charge is 0.150 e. The number of hydrogen-bond donors (Lipinski definition) is 0. The molecule has 84 valence electrons. The van der Waals surface area contributed by atoms with Crippen LogP contribution in [0.1, 0.15) is 5.69 Å². The Morgan fingerprint density at radius 3 is 2.69 bits per heavy atom. The van der Waals surface area contributed by atoms with Crippen LogP contribution in [0.4, 0.5) is 8.78 Å². The van der Waals surface area contributed by atoms with Gasteiger partial charge < -0.3 is 0 Å². The molecule has 0 saturated carbocycles. The Hall–Kier alpha value is -0.940. The molecule has 0 aliphatic rings. The van der Waals surface area contributed by atoms with Gasteiger partial charge in [0.05, 0.1) is 16.0 Å². The highest BCUT2D eigenvalue weighted by Gasteiger charge is 2.10. The average molecular weight is 308 g/mol. The first-order valence-electron chi connectivity index (χ1n) is 4.37. The Kier molecular flexibility index (Phi) is 3.25. The van der Waals surface area contributed by atoms with E-state index in [4.69, 9.17) is 11.6 Å². The molecule has 1 aromatic heterocycles. The van der Waals surface area contributed by atoms with Crippen LogP contribution in [0.3, 0.4) is 0 Å². The van der Waals surface area contributed by atoms with Crippen LogP contribution in [0.5, 0.6) is 0 Å². The minimum atomic E-state index is -0.558. The topological polar surface area (TPSA) is 17.8 Å². The standard InChI is InChI=1S/C10H6BrClF2N2/c11-7-3-9(14)10(4-8(7)13)16-2-1-6(5-12)15-16/h1-4H,5H2. The molecule has 2 rings (SSSR count). The SMILES string of the molecule is Fc1cc(-n2ccc(CCl)n2)c(F)cc1Br. The fourth-order valence-corrected chi connectivity index (χ4v) is 1.71. The third kappa shape index (κ3) is 2.10. The van der Waals surface area contributed by atoms with Gasteiger partial charge in [0.1, 0.15) is 17.3 Å². The first-order chi connectivity index (χ1) is 7.61. The van der Waals surface area contributed by atoms with Crippen LogP contribution in [-0.4, -0.2) is 9.78 Å². The van der Waals surface area contributed by atoms with Gasteiger partial charge in [-0.2, -0.15) is 5.10 Å². The summed E-state index contributed by atoms with van der Waals surface area (Å²) < 4.78 is 28.1. The number of nitrogens with zero attached hydrogens (tertiary/aromatic N) is 2. The highest BCUT2D eigenvalue weighted by molar-refractivity contribution is 9.10. The van der Waals surface area contributed by atoms with Crippen molar-refractivity contribution in [2.75, 3.05) is 0 Å². The predicted octanol–water partition coefficient (Wildman–Crippen LogP) is 3.65. The molecule has 0 N–H and O–H groups in total. The van der Waals surface area contributed by atoms with Crippen LogP contribution in [-0.2, 0) is 5.88 Å². The average Bonchev–Trinajstić information content (AvgIpc) is 2.71. The third-order valence-corrected chi connectivity index (χ3v) is 2.90. The minimum Gasteiger partial charge on any atom is -0.238 e. The van der Waals surface area contributed by atoms with Gasteiger partial charge in [-0.25, -0.2) is 13.5 Å². The Morgan fingerprint density at radius 1 is 1.31 bits per heavy atom. The number of rotatable bonds is 2. The Morgan fingerprint density at radius 2 is 2.06 bits per heavy atom. The highest BCUT2D eigenvalue weighted by Crippen LogP contribution is 2.22. The van der Waals surface area contributed by atoms with E-state index in [1.807, 2.05) is 0 Å². The van der Waals surface area contributed by atoms with E-state index >= 15 is 0 Å². The van der Waals surface area contributed by atoms with Gasteiger partial charge in [-0.3, -0.25) is 0 Å². The lowest BCUT2D eigenvalue weighted by Crippen LogP contribution is -2.00. The number of benzene rings is 1. The molecule has 0 amide bonds. The normalized spacial score (nSPS) is 10.8. The molecule has 0 atom stereocenters. The first-order valence-corrected chi connectivity index (χ1v) is 5.70. The maximum absolute atomic E-state index is 13.5. The van der Waals surface area contributed by atoms with Crippen LogP contribution >= 0.6 is 27.5 Å². The van der Waals surface area contributed by atoms with E-state index in [0.29, 0.717) is 5.69 Å². The molecule has 2 nitrogen and oxygen atoms in total. The monoisotopic (exact) mass is 306 g/mol. The van der Waals surface area contributed by atoms with Crippen LogP contribution in [0.2, 0.25) is 0 Å². The predicted molar refractivity (Wildman–Crippen MR) is 60.7 cm³/mol. The van der Waals surface area contributed by atoms with E-state index in [-0.39, 0.29) is 16.0 Å². The molecule has 16 heavy (non-hydrogen) atoms. The maximum Gasteiger partial charge on any atom is 0.150 e. The summed E-state index contributed by atoms with van der Waals surface area (Å²) in [6.45, 7) is 0. The van der Waals surface area contributed by atoms with Crippen LogP contribution in [0.15, 0.2) is 28.9 Å². The molecule has 0 unspecified atom stereocenters. The lowest BCUT2D eigenvalue weighted by molar-refractivity contribution is 0.581. The van der Waals surface area contributed by atoms with Crippen molar-refractivity contribution in [2.45, 2.75) is 5.88 Å². The van der Waals surface area contributed by atoms with E-state index in [0.717, 1.165) is 12.1 Å². The molecule has 2 aromatic rings. The lowest BCUT2D eigenvalue weighted by atomic mass is 10.3. The van der Waals surface area contributed by atoms with Crippen LogP contribution in [0, 0.1) is 11.6 Å². The maximum atomic E-state index is 13.5. The van der Waals surface area contributed by atoms with Gasteiger partial charge in [0.15, 0.2) is 0 Å². The van der Waals surface area contributed by atoms with Crippen molar-refractivity contribution in [3.63, 3.8) is 0 Å². The fraction of sp³-hybridized carbons (Fsp3) is 0.100. The third-order valence-electron chi connectivity index (χ3n) is 2.02. The fourth-order valence-electron chi connectivity index (χ4n) is 1.25. The van der Waals surface area contributed by atoms with Crippen molar-refractivity contribution in [1.82, 2.24) is 9.78 Å². The highest BCUT2D eigenvalue weighted by atomic mass is 79.9. The van der Waals surface area contributed by atoms with Crippen molar-refractivity contribution in [2.24, 2.45) is 0 Å². The van der Waals surface area contributed by atoms with Crippen molar-refractivity contribution >= 4 is 27.5 Å². The van der Waals surface area contributed by atoms with E-state index in [1.165, 1.54) is 10.9 Å². The lowest BCUT2D eigenvalue weighted by Gasteiger charge is -2.04. The van der Waals surface area contributed by atoms with Gasteiger partial charge in [0.25, 0.3) is 0 Å². The summed E-state index contributed by atoms with van der Waals surface area (Å²) in [5, 5.41) is 3.99. The van der Waals surface area contributed by atoms with Gasteiger partial charge in [0, 0.05) is 12.3 Å². The summed E-state index contributed by atoms with van der Waals surface area (Å²) in [5.74, 6) is -0.870. The Labute approximate surface area is 104 Å². The van der Waals surface area contributed by atoms with Gasteiger partial charge in [-0.05, 0) is 28.1 Å². The molecule has 0 saturated heterocycles.